The SMILES string of the molecule is CCc1ncc([C@@H](O)c2ccccc2)n1C. The molecule has 0 spiro atoms. The van der Waals surface area contributed by atoms with Crippen LogP contribution in [-0.4, -0.2) is 14.7 Å². The molecule has 1 aromatic heterocycles. The van der Waals surface area contributed by atoms with E-state index in [0.29, 0.717) is 0 Å². The average molecular weight is 216 g/mol. The number of benzene rings is 1. The Morgan fingerprint density at radius 1 is 1.31 bits per heavy atom. The topological polar surface area (TPSA) is 38.1 Å². The molecular weight excluding hydrogens is 200 g/mol. The largest absolute Gasteiger partial charge is 0.382 e. The monoisotopic (exact) mass is 216 g/mol. The summed E-state index contributed by atoms with van der Waals surface area (Å²) in [4.78, 5) is 4.28. The lowest BCUT2D eigenvalue weighted by atomic mass is 10.1. The standard InChI is InChI=1S/C13H16N2O/c1-3-12-14-9-11(15(12)2)13(16)10-7-5-4-6-8-10/h4-9,13,16H,3H2,1-2H3/t13-/m0/s1. The van der Waals surface area contributed by atoms with Crippen molar-refractivity contribution >= 4 is 0 Å². The van der Waals surface area contributed by atoms with E-state index in [0.717, 1.165) is 23.5 Å². The molecule has 2 aromatic rings. The predicted molar refractivity (Wildman–Crippen MR) is 63.1 cm³/mol. The maximum Gasteiger partial charge on any atom is 0.121 e. The van der Waals surface area contributed by atoms with Crippen LogP contribution < -0.4 is 0 Å². The Balaban J connectivity index is 2.34. The van der Waals surface area contributed by atoms with Crippen molar-refractivity contribution in [3.8, 4) is 0 Å². The van der Waals surface area contributed by atoms with Gasteiger partial charge in [0.25, 0.3) is 0 Å². The molecule has 0 aliphatic heterocycles. The fourth-order valence-electron chi connectivity index (χ4n) is 1.85. The van der Waals surface area contributed by atoms with Crippen LogP contribution in [0.1, 0.15) is 30.1 Å². The first-order valence-corrected chi connectivity index (χ1v) is 5.47. The number of aromatic nitrogens is 2. The van der Waals surface area contributed by atoms with Gasteiger partial charge in [0.1, 0.15) is 11.9 Å². The highest BCUT2D eigenvalue weighted by molar-refractivity contribution is 5.25. The molecule has 0 aliphatic rings. The van der Waals surface area contributed by atoms with Gasteiger partial charge in [0, 0.05) is 13.5 Å². The van der Waals surface area contributed by atoms with Crippen molar-refractivity contribution < 1.29 is 5.11 Å². The Hall–Kier alpha value is -1.61. The van der Waals surface area contributed by atoms with Gasteiger partial charge in [-0.1, -0.05) is 37.3 Å². The van der Waals surface area contributed by atoms with E-state index < -0.39 is 6.10 Å². The van der Waals surface area contributed by atoms with Gasteiger partial charge in [-0.25, -0.2) is 4.98 Å². The fraction of sp³-hybridized carbons (Fsp3) is 0.308. The summed E-state index contributed by atoms with van der Waals surface area (Å²) in [5.41, 5.74) is 1.73. The van der Waals surface area contributed by atoms with Crippen LogP contribution in [0.3, 0.4) is 0 Å². The highest BCUT2D eigenvalue weighted by Crippen LogP contribution is 2.21. The molecule has 3 nitrogen and oxygen atoms in total. The molecule has 0 bridgehead atoms. The van der Waals surface area contributed by atoms with E-state index in [-0.39, 0.29) is 0 Å². The number of rotatable bonds is 3. The normalized spacial score (nSPS) is 12.7. The Morgan fingerprint density at radius 2 is 2.00 bits per heavy atom. The van der Waals surface area contributed by atoms with Crippen LogP contribution in [0.25, 0.3) is 0 Å². The van der Waals surface area contributed by atoms with Gasteiger partial charge < -0.3 is 9.67 Å². The van der Waals surface area contributed by atoms with E-state index in [1.54, 1.807) is 6.20 Å². The smallest absolute Gasteiger partial charge is 0.121 e. The molecular formula is C13H16N2O. The molecule has 0 unspecified atom stereocenters. The van der Waals surface area contributed by atoms with E-state index in [2.05, 4.69) is 11.9 Å². The molecule has 1 heterocycles. The quantitative estimate of drug-likeness (QED) is 0.852. The summed E-state index contributed by atoms with van der Waals surface area (Å²) < 4.78 is 1.96. The zero-order valence-corrected chi connectivity index (χ0v) is 9.59. The number of nitrogens with zero attached hydrogens (tertiary/aromatic N) is 2. The molecule has 1 N–H and O–H groups in total. The molecule has 3 heteroatoms. The summed E-state index contributed by atoms with van der Waals surface area (Å²) in [5, 5.41) is 10.2. The molecule has 0 fully saturated rings. The maximum atomic E-state index is 10.2. The number of aliphatic hydroxyl groups excluding tert-OH is 1. The molecule has 0 amide bonds. The van der Waals surface area contributed by atoms with Gasteiger partial charge in [0.15, 0.2) is 0 Å². The van der Waals surface area contributed by atoms with E-state index in [1.165, 1.54) is 0 Å². The lowest BCUT2D eigenvalue weighted by molar-refractivity contribution is 0.211. The Morgan fingerprint density at radius 3 is 2.56 bits per heavy atom. The van der Waals surface area contributed by atoms with Gasteiger partial charge >= 0.3 is 0 Å². The van der Waals surface area contributed by atoms with Crippen LogP contribution in [0.15, 0.2) is 36.5 Å². The zero-order valence-electron chi connectivity index (χ0n) is 9.59. The summed E-state index contributed by atoms with van der Waals surface area (Å²) in [7, 11) is 1.94. The molecule has 84 valence electrons. The third-order valence-corrected chi connectivity index (χ3v) is 2.83. The number of aryl methyl sites for hydroxylation is 1. The Labute approximate surface area is 95.4 Å². The van der Waals surface area contributed by atoms with Gasteiger partial charge in [-0.3, -0.25) is 0 Å². The van der Waals surface area contributed by atoms with E-state index in [4.69, 9.17) is 0 Å². The van der Waals surface area contributed by atoms with Gasteiger partial charge in [-0.15, -0.1) is 0 Å². The van der Waals surface area contributed by atoms with Crippen molar-refractivity contribution in [3.63, 3.8) is 0 Å². The minimum Gasteiger partial charge on any atom is -0.382 e. The molecule has 0 saturated heterocycles. The molecule has 0 aliphatic carbocycles. The maximum absolute atomic E-state index is 10.2. The van der Waals surface area contributed by atoms with Crippen molar-refractivity contribution in [3.05, 3.63) is 53.6 Å². The molecule has 1 atom stereocenters. The first-order chi connectivity index (χ1) is 7.74. The van der Waals surface area contributed by atoms with Crippen LogP contribution in [-0.2, 0) is 13.5 Å². The van der Waals surface area contributed by atoms with Gasteiger partial charge in [0.2, 0.25) is 0 Å². The third-order valence-electron chi connectivity index (χ3n) is 2.83. The van der Waals surface area contributed by atoms with Crippen LogP contribution >= 0.6 is 0 Å². The summed E-state index contributed by atoms with van der Waals surface area (Å²) in [6.45, 7) is 2.06. The number of aliphatic hydroxyl groups is 1. The summed E-state index contributed by atoms with van der Waals surface area (Å²) >= 11 is 0. The fourth-order valence-corrected chi connectivity index (χ4v) is 1.85. The average Bonchev–Trinajstić information content (AvgIpc) is 2.70. The summed E-state index contributed by atoms with van der Waals surface area (Å²) in [5.74, 6) is 0.991. The van der Waals surface area contributed by atoms with Gasteiger partial charge in [0.05, 0.1) is 11.9 Å². The Bertz CT molecular complexity index is 462. The zero-order chi connectivity index (χ0) is 11.5. The minimum atomic E-state index is -0.598. The van der Waals surface area contributed by atoms with E-state index >= 15 is 0 Å². The van der Waals surface area contributed by atoms with Crippen molar-refractivity contribution in [2.45, 2.75) is 19.4 Å². The molecule has 16 heavy (non-hydrogen) atoms. The molecule has 0 radical (unpaired) electrons. The van der Waals surface area contributed by atoms with E-state index in [1.807, 2.05) is 41.9 Å². The number of hydrogen-bond acceptors (Lipinski definition) is 2. The summed E-state index contributed by atoms with van der Waals surface area (Å²) in [6.07, 6.45) is 2.02. The van der Waals surface area contributed by atoms with Crippen molar-refractivity contribution in [2.24, 2.45) is 7.05 Å². The second kappa shape index (κ2) is 4.49. The van der Waals surface area contributed by atoms with Crippen molar-refractivity contribution in [2.75, 3.05) is 0 Å². The lowest BCUT2D eigenvalue weighted by Crippen LogP contribution is -2.07. The first-order valence-electron chi connectivity index (χ1n) is 5.47. The Kier molecular flexibility index (Phi) is 3.06. The number of imidazole rings is 1. The first kappa shape index (κ1) is 10.9. The van der Waals surface area contributed by atoms with Gasteiger partial charge in [-0.05, 0) is 5.56 Å². The second-order valence-electron chi connectivity index (χ2n) is 3.83. The van der Waals surface area contributed by atoms with Crippen LogP contribution in [0.2, 0.25) is 0 Å². The lowest BCUT2D eigenvalue weighted by Gasteiger charge is -2.12. The molecule has 1 aromatic carbocycles. The highest BCUT2D eigenvalue weighted by Gasteiger charge is 2.15. The third kappa shape index (κ3) is 1.86. The second-order valence-corrected chi connectivity index (χ2v) is 3.83. The molecule has 2 rings (SSSR count). The highest BCUT2D eigenvalue weighted by atomic mass is 16.3. The van der Waals surface area contributed by atoms with Crippen molar-refractivity contribution in [1.29, 1.82) is 0 Å². The van der Waals surface area contributed by atoms with Crippen LogP contribution in [0.5, 0.6) is 0 Å². The molecule has 0 saturated carbocycles. The van der Waals surface area contributed by atoms with Crippen molar-refractivity contribution in [1.82, 2.24) is 9.55 Å². The minimum absolute atomic E-state index is 0.598. The summed E-state index contributed by atoms with van der Waals surface area (Å²) in [6, 6.07) is 9.63. The van der Waals surface area contributed by atoms with E-state index in [9.17, 15) is 5.11 Å². The van der Waals surface area contributed by atoms with Gasteiger partial charge in [-0.2, -0.15) is 0 Å². The predicted octanol–water partition coefficient (Wildman–Crippen LogP) is 2.06. The number of hydrogen-bond donors (Lipinski definition) is 1. The van der Waals surface area contributed by atoms with Crippen LogP contribution in [0.4, 0.5) is 0 Å². The van der Waals surface area contributed by atoms with Crippen LogP contribution in [0, 0.1) is 0 Å².